The van der Waals surface area contributed by atoms with E-state index >= 15 is 0 Å². The van der Waals surface area contributed by atoms with Crippen LogP contribution in [0.3, 0.4) is 0 Å². The quantitative estimate of drug-likeness (QED) is 0.795. The number of nitrogens with zero attached hydrogens (tertiary/aromatic N) is 2. The van der Waals surface area contributed by atoms with E-state index in [1.807, 2.05) is 7.05 Å². The van der Waals surface area contributed by atoms with Gasteiger partial charge in [-0.2, -0.15) is 13.2 Å². The second-order valence-electron chi connectivity index (χ2n) is 5.89. The smallest absolute Gasteiger partial charge is 0.337 e. The Hall–Kier alpha value is -1.56. The van der Waals surface area contributed by atoms with Gasteiger partial charge in [0, 0.05) is 24.7 Å². The molecule has 21 heavy (non-hydrogen) atoms. The second kappa shape index (κ2) is 5.02. The van der Waals surface area contributed by atoms with Crippen LogP contribution in [0.1, 0.15) is 22.3 Å². The minimum atomic E-state index is -4.42. The summed E-state index contributed by atoms with van der Waals surface area (Å²) in [5.74, 6) is 0.147. The summed E-state index contributed by atoms with van der Waals surface area (Å²) in [7, 11) is 2.03. The van der Waals surface area contributed by atoms with Gasteiger partial charge in [-0.25, -0.2) is 0 Å². The summed E-state index contributed by atoms with van der Waals surface area (Å²) < 4.78 is 38.1. The highest BCUT2D eigenvalue weighted by atomic mass is 19.4. The predicted octanol–water partition coefficient (Wildman–Crippen LogP) is 2.48. The maximum atomic E-state index is 12.7. The molecular weight excluding hydrogens is 281 g/mol. The van der Waals surface area contributed by atoms with Crippen molar-refractivity contribution in [1.82, 2.24) is 9.80 Å². The molecular formula is C15H17F3N2O. The number of benzene rings is 1. The molecule has 0 N–H and O–H groups in total. The van der Waals surface area contributed by atoms with Crippen LogP contribution >= 0.6 is 0 Å². The highest BCUT2D eigenvalue weighted by molar-refractivity contribution is 5.94. The Bertz CT molecular complexity index is 558. The van der Waals surface area contributed by atoms with Crippen molar-refractivity contribution in [2.45, 2.75) is 18.6 Å². The molecule has 2 atom stereocenters. The lowest BCUT2D eigenvalue weighted by atomic mass is 10.1. The van der Waals surface area contributed by atoms with E-state index in [-0.39, 0.29) is 11.5 Å². The van der Waals surface area contributed by atoms with Crippen molar-refractivity contribution in [3.8, 4) is 0 Å². The minimum absolute atomic E-state index is 0.118. The van der Waals surface area contributed by atoms with E-state index in [0.29, 0.717) is 25.0 Å². The van der Waals surface area contributed by atoms with E-state index in [4.69, 9.17) is 0 Å². The van der Waals surface area contributed by atoms with Gasteiger partial charge in [0.05, 0.1) is 5.56 Å². The fourth-order valence-corrected chi connectivity index (χ4v) is 3.35. The molecule has 0 aliphatic carbocycles. The topological polar surface area (TPSA) is 23.6 Å². The van der Waals surface area contributed by atoms with Gasteiger partial charge in [0.2, 0.25) is 0 Å². The third-order valence-electron chi connectivity index (χ3n) is 4.55. The molecule has 2 aliphatic heterocycles. The Morgan fingerprint density at radius 1 is 1.29 bits per heavy atom. The fourth-order valence-electron chi connectivity index (χ4n) is 3.35. The number of carbonyl (C=O) groups excluding carboxylic acids is 1. The molecule has 3 nitrogen and oxygen atoms in total. The highest BCUT2D eigenvalue weighted by Crippen LogP contribution is 2.32. The van der Waals surface area contributed by atoms with E-state index in [0.717, 1.165) is 25.1 Å². The Balaban J connectivity index is 1.78. The fraction of sp³-hybridized carbons (Fsp3) is 0.533. The van der Waals surface area contributed by atoms with Crippen LogP contribution in [0.2, 0.25) is 0 Å². The number of halogens is 3. The number of hydrogen-bond donors (Lipinski definition) is 0. The van der Waals surface area contributed by atoms with Gasteiger partial charge < -0.3 is 9.80 Å². The maximum absolute atomic E-state index is 12.7. The molecule has 0 bridgehead atoms. The van der Waals surface area contributed by atoms with E-state index in [9.17, 15) is 18.0 Å². The molecule has 114 valence electrons. The van der Waals surface area contributed by atoms with E-state index in [1.54, 1.807) is 4.90 Å². The first-order valence-corrected chi connectivity index (χ1v) is 7.03. The average molecular weight is 298 g/mol. The normalized spacial score (nSPS) is 26.2. The molecule has 1 aromatic carbocycles. The lowest BCUT2D eigenvalue weighted by Crippen LogP contribution is -2.35. The van der Waals surface area contributed by atoms with Crippen LogP contribution in [0.25, 0.3) is 0 Å². The number of likely N-dealkylation sites (N-methyl/N-ethyl adjacent to an activating group) is 1. The number of fused-ring (bicyclic) bond motifs is 1. The highest BCUT2D eigenvalue weighted by Gasteiger charge is 2.41. The molecule has 0 aromatic heterocycles. The van der Waals surface area contributed by atoms with E-state index < -0.39 is 11.7 Å². The van der Waals surface area contributed by atoms with Crippen LogP contribution in [0.4, 0.5) is 13.2 Å². The van der Waals surface area contributed by atoms with Crippen LogP contribution in [-0.4, -0.2) is 48.4 Å². The summed E-state index contributed by atoms with van der Waals surface area (Å²) in [5, 5.41) is 0. The Morgan fingerprint density at radius 2 is 2.05 bits per heavy atom. The van der Waals surface area contributed by atoms with Gasteiger partial charge in [0.1, 0.15) is 0 Å². The second-order valence-corrected chi connectivity index (χ2v) is 5.89. The molecule has 2 aliphatic rings. The van der Waals surface area contributed by atoms with Crippen molar-refractivity contribution in [1.29, 1.82) is 0 Å². The zero-order valence-corrected chi connectivity index (χ0v) is 11.7. The van der Waals surface area contributed by atoms with Gasteiger partial charge in [-0.15, -0.1) is 0 Å². The number of rotatable bonds is 1. The number of likely N-dealkylation sites (tertiary alicyclic amines) is 2. The summed E-state index contributed by atoms with van der Waals surface area (Å²) in [5.41, 5.74) is -0.655. The van der Waals surface area contributed by atoms with Gasteiger partial charge >= 0.3 is 6.18 Å². The molecule has 1 aromatic rings. The predicted molar refractivity (Wildman–Crippen MR) is 71.9 cm³/mol. The minimum Gasteiger partial charge on any atom is -0.337 e. The lowest BCUT2D eigenvalue weighted by molar-refractivity contribution is -0.137. The van der Waals surface area contributed by atoms with Crippen LogP contribution < -0.4 is 0 Å². The first kappa shape index (κ1) is 14.4. The van der Waals surface area contributed by atoms with Crippen molar-refractivity contribution in [3.05, 3.63) is 35.4 Å². The molecule has 1 amide bonds. The first-order valence-electron chi connectivity index (χ1n) is 7.03. The molecule has 0 saturated carbocycles. The largest absolute Gasteiger partial charge is 0.416 e. The van der Waals surface area contributed by atoms with Gasteiger partial charge in [-0.05, 0) is 44.1 Å². The Kier molecular flexibility index (Phi) is 3.43. The monoisotopic (exact) mass is 298 g/mol. The summed E-state index contributed by atoms with van der Waals surface area (Å²) >= 11 is 0. The maximum Gasteiger partial charge on any atom is 0.416 e. The van der Waals surface area contributed by atoms with Gasteiger partial charge in [-0.1, -0.05) is 6.07 Å². The summed E-state index contributed by atoms with van der Waals surface area (Å²) in [6, 6.07) is 5.03. The van der Waals surface area contributed by atoms with Crippen molar-refractivity contribution < 1.29 is 18.0 Å². The zero-order valence-electron chi connectivity index (χ0n) is 11.7. The third-order valence-corrected chi connectivity index (χ3v) is 4.55. The molecule has 6 heteroatoms. The number of carbonyl (C=O) groups is 1. The zero-order chi connectivity index (χ0) is 15.2. The summed E-state index contributed by atoms with van der Waals surface area (Å²) in [4.78, 5) is 16.3. The van der Waals surface area contributed by atoms with Crippen molar-refractivity contribution in [2.24, 2.45) is 5.92 Å². The van der Waals surface area contributed by atoms with Crippen molar-refractivity contribution in [3.63, 3.8) is 0 Å². The van der Waals surface area contributed by atoms with Gasteiger partial charge in [0.15, 0.2) is 0 Å². The molecule has 0 unspecified atom stereocenters. The first-order chi connectivity index (χ1) is 9.86. The number of amides is 1. The van der Waals surface area contributed by atoms with Crippen LogP contribution in [0, 0.1) is 5.92 Å². The standard InChI is InChI=1S/C15H17F3N2O/c1-19-6-5-11-8-20(9-13(11)19)14(21)10-3-2-4-12(7-10)15(16,17)18/h2-4,7,11,13H,5-6,8-9H2,1H3/t11-,13+/m1/s1. The molecule has 3 rings (SSSR count). The summed E-state index contributed by atoms with van der Waals surface area (Å²) in [6.07, 6.45) is -3.37. The van der Waals surface area contributed by atoms with Crippen molar-refractivity contribution in [2.75, 3.05) is 26.7 Å². The third kappa shape index (κ3) is 2.64. The van der Waals surface area contributed by atoms with Gasteiger partial charge in [0.25, 0.3) is 5.91 Å². The Labute approximate surface area is 121 Å². The number of hydrogen-bond acceptors (Lipinski definition) is 2. The molecule has 2 fully saturated rings. The lowest BCUT2D eigenvalue weighted by Gasteiger charge is -2.21. The molecule has 2 saturated heterocycles. The summed E-state index contributed by atoms with van der Waals surface area (Å²) in [6.45, 7) is 2.28. The van der Waals surface area contributed by atoms with Crippen molar-refractivity contribution >= 4 is 5.91 Å². The number of alkyl halides is 3. The van der Waals surface area contributed by atoms with Crippen LogP contribution in [0.5, 0.6) is 0 Å². The molecule has 0 spiro atoms. The Morgan fingerprint density at radius 3 is 2.71 bits per heavy atom. The molecule has 2 heterocycles. The van der Waals surface area contributed by atoms with E-state index in [1.165, 1.54) is 12.1 Å². The van der Waals surface area contributed by atoms with Crippen LogP contribution in [-0.2, 0) is 6.18 Å². The molecule has 0 radical (unpaired) electrons. The van der Waals surface area contributed by atoms with Crippen LogP contribution in [0.15, 0.2) is 24.3 Å². The van der Waals surface area contributed by atoms with E-state index in [2.05, 4.69) is 4.90 Å². The van der Waals surface area contributed by atoms with Gasteiger partial charge in [-0.3, -0.25) is 4.79 Å². The SMILES string of the molecule is CN1CC[C@@H]2CN(C(=O)c3cccc(C(F)(F)F)c3)C[C@@H]21. The average Bonchev–Trinajstić information content (AvgIpc) is 3.00.